The van der Waals surface area contributed by atoms with E-state index in [1.165, 1.54) is 16.8 Å². The minimum Gasteiger partial charge on any atom is -0.378 e. The number of nitrogens with one attached hydrogen (secondary N) is 2. The number of carbonyl (C=O) groups is 1. The molecule has 1 aromatic carbocycles. The summed E-state index contributed by atoms with van der Waals surface area (Å²) in [6.07, 6.45) is 3.22. The average molecular weight is 324 g/mol. The summed E-state index contributed by atoms with van der Waals surface area (Å²) in [5, 5.41) is 6.01. The Kier molecular flexibility index (Phi) is 5.95. The molecule has 2 aromatic rings. The molecule has 0 aliphatic heterocycles. The first-order valence-corrected chi connectivity index (χ1v) is 7.87. The van der Waals surface area contributed by atoms with Crippen LogP contribution < -0.4 is 15.5 Å². The van der Waals surface area contributed by atoms with Crippen LogP contribution in [0.3, 0.4) is 0 Å². The lowest BCUT2D eigenvalue weighted by atomic mass is 10.1. The lowest BCUT2D eigenvalue weighted by Crippen LogP contribution is -2.23. The number of hydrogen-bond acceptors (Lipinski definition) is 4. The van der Waals surface area contributed by atoms with Gasteiger partial charge in [0, 0.05) is 39.1 Å². The fourth-order valence-corrected chi connectivity index (χ4v) is 2.24. The van der Waals surface area contributed by atoms with Crippen LogP contribution in [-0.4, -0.2) is 31.5 Å². The second-order valence-corrected chi connectivity index (χ2v) is 5.79. The van der Waals surface area contributed by atoms with E-state index in [1.54, 1.807) is 18.3 Å². The monoisotopic (exact) mass is 324 g/mol. The Morgan fingerprint density at radius 1 is 1.29 bits per heavy atom. The van der Waals surface area contributed by atoms with Gasteiger partial charge in [-0.3, -0.25) is 4.79 Å². The minimum absolute atomic E-state index is 0.149. The predicted octanol–water partition coefficient (Wildman–Crippen LogP) is 2.98. The Bertz CT molecular complexity index is 708. The molecule has 2 N–H and O–H groups in total. The van der Waals surface area contributed by atoms with Gasteiger partial charge in [-0.15, -0.1) is 6.58 Å². The second-order valence-electron chi connectivity index (χ2n) is 5.79. The fourth-order valence-electron chi connectivity index (χ4n) is 2.24. The van der Waals surface area contributed by atoms with Crippen molar-refractivity contribution in [3.63, 3.8) is 0 Å². The number of hydrogen-bond donors (Lipinski definition) is 2. The lowest BCUT2D eigenvalue weighted by Gasteiger charge is -2.15. The predicted molar refractivity (Wildman–Crippen MR) is 99.6 cm³/mol. The molecule has 126 valence electrons. The molecule has 0 bridgehead atoms. The topological polar surface area (TPSA) is 57.3 Å². The zero-order chi connectivity index (χ0) is 17.5. The van der Waals surface area contributed by atoms with Crippen LogP contribution in [0.25, 0.3) is 0 Å². The zero-order valence-corrected chi connectivity index (χ0v) is 14.5. The van der Waals surface area contributed by atoms with Crippen molar-refractivity contribution in [3.05, 3.63) is 65.9 Å². The minimum atomic E-state index is -0.149. The normalized spacial score (nSPS) is 10.1. The quantitative estimate of drug-likeness (QED) is 0.769. The summed E-state index contributed by atoms with van der Waals surface area (Å²) < 4.78 is 0. The Labute approximate surface area is 143 Å². The summed E-state index contributed by atoms with van der Waals surface area (Å²) >= 11 is 0. The standard InChI is InChI=1S/C19H24N4O/c1-5-10-20-19(24)16-7-9-18(22-13-16)21-12-15-6-8-17(23(3)4)11-14(15)2/h5-9,11,13H,1,10,12H2,2-4H3,(H,20,24)(H,21,22). The summed E-state index contributed by atoms with van der Waals surface area (Å²) in [4.78, 5) is 18.2. The van der Waals surface area contributed by atoms with Gasteiger partial charge in [-0.1, -0.05) is 12.1 Å². The molecular formula is C19H24N4O. The van der Waals surface area contributed by atoms with E-state index in [0.29, 0.717) is 18.7 Å². The number of carbonyl (C=O) groups excluding carboxylic acids is 1. The van der Waals surface area contributed by atoms with E-state index in [0.717, 1.165) is 5.82 Å². The highest BCUT2D eigenvalue weighted by Gasteiger charge is 2.06. The number of benzene rings is 1. The maximum atomic E-state index is 11.8. The third-order valence-corrected chi connectivity index (χ3v) is 3.74. The molecular weight excluding hydrogens is 300 g/mol. The molecule has 0 saturated heterocycles. The molecule has 2 rings (SSSR count). The van der Waals surface area contributed by atoms with E-state index in [9.17, 15) is 4.79 Å². The molecule has 0 unspecified atom stereocenters. The van der Waals surface area contributed by atoms with Crippen LogP contribution in [0.4, 0.5) is 11.5 Å². The van der Waals surface area contributed by atoms with Crippen molar-refractivity contribution in [2.24, 2.45) is 0 Å². The van der Waals surface area contributed by atoms with Crippen LogP contribution in [0.15, 0.2) is 49.2 Å². The van der Waals surface area contributed by atoms with Crippen molar-refractivity contribution >= 4 is 17.4 Å². The van der Waals surface area contributed by atoms with Gasteiger partial charge >= 0.3 is 0 Å². The van der Waals surface area contributed by atoms with Crippen LogP contribution in [-0.2, 0) is 6.54 Å². The summed E-state index contributed by atoms with van der Waals surface area (Å²) in [6, 6.07) is 9.96. The first-order valence-electron chi connectivity index (χ1n) is 7.87. The van der Waals surface area contributed by atoms with Crippen molar-refractivity contribution in [2.75, 3.05) is 30.9 Å². The molecule has 1 heterocycles. The van der Waals surface area contributed by atoms with Gasteiger partial charge < -0.3 is 15.5 Å². The van der Waals surface area contributed by atoms with E-state index >= 15 is 0 Å². The largest absolute Gasteiger partial charge is 0.378 e. The second kappa shape index (κ2) is 8.15. The summed E-state index contributed by atoms with van der Waals surface area (Å²) in [5.74, 6) is 0.593. The van der Waals surface area contributed by atoms with Gasteiger partial charge in [-0.05, 0) is 42.3 Å². The highest BCUT2D eigenvalue weighted by molar-refractivity contribution is 5.94. The molecule has 0 aliphatic carbocycles. The van der Waals surface area contributed by atoms with Crippen LogP contribution in [0, 0.1) is 6.92 Å². The Hall–Kier alpha value is -2.82. The fraction of sp³-hybridized carbons (Fsp3) is 0.263. The lowest BCUT2D eigenvalue weighted by molar-refractivity contribution is 0.0957. The Morgan fingerprint density at radius 3 is 2.67 bits per heavy atom. The SMILES string of the molecule is C=CCNC(=O)c1ccc(NCc2ccc(N(C)C)cc2C)nc1. The molecule has 0 fully saturated rings. The van der Waals surface area contributed by atoms with E-state index in [2.05, 4.69) is 52.2 Å². The average Bonchev–Trinajstić information content (AvgIpc) is 2.58. The Balaban J connectivity index is 1.97. The molecule has 0 saturated carbocycles. The van der Waals surface area contributed by atoms with E-state index in [-0.39, 0.29) is 5.91 Å². The van der Waals surface area contributed by atoms with Crippen molar-refractivity contribution in [3.8, 4) is 0 Å². The van der Waals surface area contributed by atoms with E-state index < -0.39 is 0 Å². The number of rotatable bonds is 7. The third-order valence-electron chi connectivity index (χ3n) is 3.74. The maximum Gasteiger partial charge on any atom is 0.253 e. The first kappa shape index (κ1) is 17.5. The number of aromatic nitrogens is 1. The number of anilines is 2. The molecule has 0 aliphatic rings. The van der Waals surface area contributed by atoms with Crippen LogP contribution in [0.1, 0.15) is 21.5 Å². The molecule has 5 heteroatoms. The smallest absolute Gasteiger partial charge is 0.253 e. The van der Waals surface area contributed by atoms with Crippen molar-refractivity contribution in [2.45, 2.75) is 13.5 Å². The summed E-state index contributed by atoms with van der Waals surface area (Å²) in [5.41, 5.74) is 4.17. The number of amides is 1. The summed E-state index contributed by atoms with van der Waals surface area (Å²) in [6.45, 7) is 6.81. The zero-order valence-electron chi connectivity index (χ0n) is 14.5. The van der Waals surface area contributed by atoms with Crippen LogP contribution >= 0.6 is 0 Å². The van der Waals surface area contributed by atoms with Crippen molar-refractivity contribution < 1.29 is 4.79 Å². The Morgan fingerprint density at radius 2 is 2.08 bits per heavy atom. The van der Waals surface area contributed by atoms with Crippen LogP contribution in [0.5, 0.6) is 0 Å². The molecule has 1 amide bonds. The van der Waals surface area contributed by atoms with Crippen LogP contribution in [0.2, 0.25) is 0 Å². The van der Waals surface area contributed by atoms with E-state index in [1.807, 2.05) is 20.2 Å². The van der Waals surface area contributed by atoms with Gasteiger partial charge in [0.2, 0.25) is 0 Å². The molecule has 0 spiro atoms. The van der Waals surface area contributed by atoms with Gasteiger partial charge in [-0.25, -0.2) is 4.98 Å². The highest BCUT2D eigenvalue weighted by atomic mass is 16.1. The maximum absolute atomic E-state index is 11.8. The molecule has 24 heavy (non-hydrogen) atoms. The molecule has 5 nitrogen and oxygen atoms in total. The van der Waals surface area contributed by atoms with Gasteiger partial charge in [0.1, 0.15) is 5.82 Å². The third kappa shape index (κ3) is 4.59. The molecule has 0 radical (unpaired) electrons. The van der Waals surface area contributed by atoms with E-state index in [4.69, 9.17) is 0 Å². The van der Waals surface area contributed by atoms with Gasteiger partial charge in [0.15, 0.2) is 0 Å². The van der Waals surface area contributed by atoms with Crippen molar-refractivity contribution in [1.82, 2.24) is 10.3 Å². The highest BCUT2D eigenvalue weighted by Crippen LogP contribution is 2.18. The number of nitrogens with zero attached hydrogens (tertiary/aromatic N) is 2. The number of pyridine rings is 1. The van der Waals surface area contributed by atoms with Gasteiger partial charge in [-0.2, -0.15) is 0 Å². The number of aryl methyl sites for hydroxylation is 1. The first-order chi connectivity index (χ1) is 11.5. The van der Waals surface area contributed by atoms with Gasteiger partial charge in [0.25, 0.3) is 5.91 Å². The molecule has 0 atom stereocenters. The molecule has 1 aromatic heterocycles. The summed E-state index contributed by atoms with van der Waals surface area (Å²) in [7, 11) is 4.06. The van der Waals surface area contributed by atoms with Gasteiger partial charge in [0.05, 0.1) is 5.56 Å². The van der Waals surface area contributed by atoms with Crippen molar-refractivity contribution in [1.29, 1.82) is 0 Å².